The van der Waals surface area contributed by atoms with Crippen molar-refractivity contribution in [3.05, 3.63) is 18.5 Å². The Hall–Kier alpha value is -2.18. The molecule has 0 spiro atoms. The van der Waals surface area contributed by atoms with Crippen LogP contribution in [0.4, 0.5) is 0 Å². The summed E-state index contributed by atoms with van der Waals surface area (Å²) in [5.74, 6) is -3.21. The Kier molecular flexibility index (Phi) is 2.95. The lowest BCUT2D eigenvalue weighted by molar-refractivity contribution is -0.159. The number of aromatic nitrogens is 2. The molecule has 1 rings (SSSR count). The Balaban J connectivity index is 2.75. The third-order valence-electron chi connectivity index (χ3n) is 1.21. The van der Waals surface area contributed by atoms with Crippen LogP contribution >= 0.6 is 0 Å². The Morgan fingerprint density at radius 3 is 2.14 bits per heavy atom. The molecule has 2 N–H and O–H groups in total. The second-order valence-electron chi connectivity index (χ2n) is 2.21. The van der Waals surface area contributed by atoms with Crippen LogP contribution < -0.4 is 4.74 Å². The zero-order valence-electron chi connectivity index (χ0n) is 6.82. The normalized spacial score (nSPS) is 9.79. The molecule has 0 fully saturated rings. The second-order valence-corrected chi connectivity index (χ2v) is 2.21. The number of rotatable bonds is 4. The third kappa shape index (κ3) is 2.41. The quantitative estimate of drug-likeness (QED) is 0.621. The minimum absolute atomic E-state index is 0.290. The van der Waals surface area contributed by atoms with Gasteiger partial charge in [-0.2, -0.15) is 0 Å². The summed E-state index contributed by atoms with van der Waals surface area (Å²) in [6, 6.07) is 1.20. The van der Waals surface area contributed by atoms with Gasteiger partial charge in [-0.3, -0.25) is 0 Å². The van der Waals surface area contributed by atoms with Crippen molar-refractivity contribution in [2.24, 2.45) is 0 Å². The van der Waals surface area contributed by atoms with Gasteiger partial charge in [0.1, 0.15) is 0 Å². The molecule has 0 aliphatic rings. The van der Waals surface area contributed by atoms with E-state index in [0.717, 1.165) is 0 Å². The number of hydrogen-bond donors (Lipinski definition) is 2. The van der Waals surface area contributed by atoms with E-state index in [1.165, 1.54) is 18.5 Å². The van der Waals surface area contributed by atoms with Gasteiger partial charge in [0, 0.05) is 12.4 Å². The second kappa shape index (κ2) is 4.17. The molecule has 7 heteroatoms. The topological polar surface area (TPSA) is 110 Å². The molecule has 0 aromatic carbocycles. The van der Waals surface area contributed by atoms with Crippen LogP contribution in [0.5, 0.6) is 6.01 Å². The number of aliphatic carboxylic acids is 2. The van der Waals surface area contributed by atoms with Crippen LogP contribution in [0.2, 0.25) is 0 Å². The van der Waals surface area contributed by atoms with Crippen molar-refractivity contribution in [2.45, 2.75) is 6.10 Å². The van der Waals surface area contributed by atoms with E-state index < -0.39 is 18.0 Å². The molecule has 0 saturated carbocycles. The first-order valence-electron chi connectivity index (χ1n) is 3.50. The first-order chi connectivity index (χ1) is 6.61. The molecule has 0 atom stereocenters. The fourth-order valence-corrected chi connectivity index (χ4v) is 0.658. The lowest BCUT2D eigenvalue weighted by Crippen LogP contribution is -2.35. The fourth-order valence-electron chi connectivity index (χ4n) is 0.658. The molecule has 0 unspecified atom stereocenters. The molecule has 0 radical (unpaired) electrons. The highest BCUT2D eigenvalue weighted by molar-refractivity contribution is 5.96. The zero-order valence-corrected chi connectivity index (χ0v) is 6.82. The van der Waals surface area contributed by atoms with E-state index in [1.54, 1.807) is 0 Å². The average molecular weight is 198 g/mol. The molecule has 14 heavy (non-hydrogen) atoms. The monoisotopic (exact) mass is 198 g/mol. The highest BCUT2D eigenvalue weighted by Gasteiger charge is 2.28. The average Bonchev–Trinajstić information content (AvgIpc) is 2.15. The fraction of sp³-hybridized carbons (Fsp3) is 0.143. The van der Waals surface area contributed by atoms with E-state index >= 15 is 0 Å². The van der Waals surface area contributed by atoms with Crippen molar-refractivity contribution in [1.82, 2.24) is 9.97 Å². The smallest absolute Gasteiger partial charge is 0.356 e. The van der Waals surface area contributed by atoms with Gasteiger partial charge in [-0.25, -0.2) is 19.6 Å². The molecule has 7 nitrogen and oxygen atoms in total. The van der Waals surface area contributed by atoms with Gasteiger partial charge in [0.15, 0.2) is 0 Å². The Morgan fingerprint density at radius 1 is 1.21 bits per heavy atom. The first kappa shape index (κ1) is 9.90. The van der Waals surface area contributed by atoms with Gasteiger partial charge >= 0.3 is 17.9 Å². The third-order valence-corrected chi connectivity index (χ3v) is 1.21. The molecule has 0 bridgehead atoms. The maximum Gasteiger partial charge on any atom is 0.356 e. The van der Waals surface area contributed by atoms with Crippen molar-refractivity contribution in [3.8, 4) is 6.01 Å². The number of carboxylic acid groups (broad SMARTS) is 2. The molecular formula is C7H6N2O5. The van der Waals surface area contributed by atoms with Crippen molar-refractivity contribution in [1.29, 1.82) is 0 Å². The van der Waals surface area contributed by atoms with Gasteiger partial charge in [0.05, 0.1) is 0 Å². The van der Waals surface area contributed by atoms with E-state index in [1.807, 2.05) is 0 Å². The summed E-state index contributed by atoms with van der Waals surface area (Å²) >= 11 is 0. The molecule has 0 aliphatic heterocycles. The molecule has 0 aliphatic carbocycles. The van der Waals surface area contributed by atoms with Crippen LogP contribution in [-0.2, 0) is 9.59 Å². The Morgan fingerprint density at radius 2 is 1.71 bits per heavy atom. The van der Waals surface area contributed by atoms with Gasteiger partial charge in [0.25, 0.3) is 6.10 Å². The number of nitrogens with zero attached hydrogens (tertiary/aromatic N) is 2. The van der Waals surface area contributed by atoms with E-state index in [0.29, 0.717) is 0 Å². The lowest BCUT2D eigenvalue weighted by Gasteiger charge is -2.07. The predicted octanol–water partition coefficient (Wildman–Crippen LogP) is -0.607. The van der Waals surface area contributed by atoms with Crippen LogP contribution in [0, 0.1) is 0 Å². The molecule has 0 saturated heterocycles. The molecule has 1 aromatic heterocycles. The largest absolute Gasteiger partial charge is 0.478 e. The first-order valence-corrected chi connectivity index (χ1v) is 3.50. The SMILES string of the molecule is O=C(O)C(Oc1ncccn1)C(=O)O. The van der Waals surface area contributed by atoms with Crippen LogP contribution in [0.15, 0.2) is 18.5 Å². The van der Waals surface area contributed by atoms with Crippen molar-refractivity contribution < 1.29 is 24.5 Å². The minimum Gasteiger partial charge on any atom is -0.478 e. The summed E-state index contributed by atoms with van der Waals surface area (Å²) in [6.07, 6.45) is 0.629. The van der Waals surface area contributed by atoms with Gasteiger partial charge in [0.2, 0.25) is 0 Å². The molecule has 0 amide bonds. The molecular weight excluding hydrogens is 192 g/mol. The minimum atomic E-state index is -1.99. The number of hydrogen-bond acceptors (Lipinski definition) is 5. The summed E-state index contributed by atoms with van der Waals surface area (Å²) in [5.41, 5.74) is 0. The van der Waals surface area contributed by atoms with E-state index in [2.05, 4.69) is 14.7 Å². The number of carboxylic acids is 2. The van der Waals surface area contributed by atoms with Gasteiger partial charge < -0.3 is 14.9 Å². The lowest BCUT2D eigenvalue weighted by atomic mass is 10.4. The molecule has 1 heterocycles. The van der Waals surface area contributed by atoms with Gasteiger partial charge in [-0.1, -0.05) is 0 Å². The Labute approximate surface area is 78.0 Å². The zero-order chi connectivity index (χ0) is 10.6. The summed E-state index contributed by atoms with van der Waals surface area (Å²) in [4.78, 5) is 27.8. The number of ether oxygens (including phenoxy) is 1. The van der Waals surface area contributed by atoms with Gasteiger partial charge in [-0.05, 0) is 6.07 Å². The van der Waals surface area contributed by atoms with Crippen LogP contribution in [0.25, 0.3) is 0 Å². The highest BCUT2D eigenvalue weighted by Crippen LogP contribution is 2.02. The van der Waals surface area contributed by atoms with E-state index in [-0.39, 0.29) is 6.01 Å². The van der Waals surface area contributed by atoms with Gasteiger partial charge in [-0.15, -0.1) is 0 Å². The van der Waals surface area contributed by atoms with Crippen LogP contribution in [0.3, 0.4) is 0 Å². The summed E-state index contributed by atoms with van der Waals surface area (Å²) < 4.78 is 4.52. The molecule has 74 valence electrons. The summed E-state index contributed by atoms with van der Waals surface area (Å²) in [7, 11) is 0. The Bertz CT molecular complexity index is 325. The van der Waals surface area contributed by atoms with E-state index in [4.69, 9.17) is 10.2 Å². The van der Waals surface area contributed by atoms with Crippen molar-refractivity contribution in [2.75, 3.05) is 0 Å². The number of carbonyl (C=O) groups is 2. The van der Waals surface area contributed by atoms with E-state index in [9.17, 15) is 9.59 Å². The van der Waals surface area contributed by atoms with Crippen molar-refractivity contribution >= 4 is 11.9 Å². The van der Waals surface area contributed by atoms with Crippen molar-refractivity contribution in [3.63, 3.8) is 0 Å². The predicted molar refractivity (Wildman–Crippen MR) is 41.7 cm³/mol. The van der Waals surface area contributed by atoms with Crippen LogP contribution in [-0.4, -0.2) is 38.2 Å². The maximum absolute atomic E-state index is 10.4. The summed E-state index contributed by atoms with van der Waals surface area (Å²) in [5, 5.41) is 16.9. The highest BCUT2D eigenvalue weighted by atomic mass is 16.5. The standard InChI is InChI=1S/C7H6N2O5/c10-5(11)4(6(12)13)14-7-8-2-1-3-9-7/h1-4H,(H,10,11)(H,12,13). The van der Waals surface area contributed by atoms with Crippen LogP contribution in [0.1, 0.15) is 0 Å². The summed E-state index contributed by atoms with van der Waals surface area (Å²) in [6.45, 7) is 0. The maximum atomic E-state index is 10.4. The molecule has 1 aromatic rings.